The minimum absolute atomic E-state index is 0.0979. The van der Waals surface area contributed by atoms with Gasteiger partial charge in [0.1, 0.15) is 5.76 Å². The summed E-state index contributed by atoms with van der Waals surface area (Å²) < 4.78 is 16.2. The number of hydrogen-bond donors (Lipinski definition) is 1. The first kappa shape index (κ1) is 16.5. The molecule has 3 heterocycles. The van der Waals surface area contributed by atoms with Crippen LogP contribution in [0.5, 0.6) is 0 Å². The highest BCUT2D eigenvalue weighted by Gasteiger charge is 2.41. The van der Waals surface area contributed by atoms with Crippen molar-refractivity contribution in [2.75, 3.05) is 46.6 Å². The van der Waals surface area contributed by atoms with E-state index in [1.807, 2.05) is 12.1 Å². The van der Waals surface area contributed by atoms with E-state index in [1.54, 1.807) is 13.4 Å². The van der Waals surface area contributed by atoms with E-state index in [1.165, 1.54) is 0 Å². The number of likely N-dealkylation sites (tertiary alicyclic amines) is 1. The number of carbonyl (C=O) groups is 1. The number of amides is 1. The lowest BCUT2D eigenvalue weighted by atomic mass is 9.81. The predicted octanol–water partition coefficient (Wildman–Crippen LogP) is 1.13. The molecule has 0 aromatic carbocycles. The van der Waals surface area contributed by atoms with Gasteiger partial charge in [0, 0.05) is 33.2 Å². The van der Waals surface area contributed by atoms with Gasteiger partial charge in [-0.3, -0.25) is 9.69 Å². The molecule has 0 unspecified atom stereocenters. The molecule has 0 bridgehead atoms. The Labute approximate surface area is 137 Å². The molecular weight excluding hydrogens is 296 g/mol. The number of furan rings is 1. The molecule has 0 radical (unpaired) electrons. The fourth-order valence-corrected chi connectivity index (χ4v) is 3.76. The largest absolute Gasteiger partial charge is 0.468 e. The van der Waals surface area contributed by atoms with Crippen molar-refractivity contribution < 1.29 is 18.7 Å². The molecule has 2 fully saturated rings. The van der Waals surface area contributed by atoms with Gasteiger partial charge in [-0.2, -0.15) is 0 Å². The van der Waals surface area contributed by atoms with Crippen LogP contribution in [0.15, 0.2) is 22.8 Å². The average molecular weight is 322 g/mol. The van der Waals surface area contributed by atoms with E-state index in [-0.39, 0.29) is 5.91 Å². The number of fused-ring (bicyclic) bond motifs is 1. The van der Waals surface area contributed by atoms with Crippen molar-refractivity contribution in [2.24, 2.45) is 17.8 Å². The van der Waals surface area contributed by atoms with Crippen LogP contribution in [0.4, 0.5) is 0 Å². The van der Waals surface area contributed by atoms with Gasteiger partial charge in [-0.1, -0.05) is 0 Å². The molecule has 23 heavy (non-hydrogen) atoms. The normalized spacial score (nSPS) is 27.8. The van der Waals surface area contributed by atoms with Crippen LogP contribution in [0.3, 0.4) is 0 Å². The third kappa shape index (κ3) is 4.34. The Hall–Kier alpha value is -1.37. The minimum Gasteiger partial charge on any atom is -0.468 e. The van der Waals surface area contributed by atoms with Crippen LogP contribution in [-0.2, 0) is 20.8 Å². The van der Waals surface area contributed by atoms with Gasteiger partial charge in [0.25, 0.3) is 0 Å². The molecule has 6 heteroatoms. The van der Waals surface area contributed by atoms with Crippen molar-refractivity contribution in [2.45, 2.75) is 13.0 Å². The van der Waals surface area contributed by atoms with E-state index in [0.717, 1.165) is 32.0 Å². The summed E-state index contributed by atoms with van der Waals surface area (Å²) in [5, 5.41) is 2.91. The Morgan fingerprint density at radius 1 is 1.43 bits per heavy atom. The third-order valence-electron chi connectivity index (χ3n) is 4.87. The first-order valence-electron chi connectivity index (χ1n) is 8.34. The number of ether oxygens (including phenoxy) is 2. The molecule has 1 aromatic heterocycles. The number of carbonyl (C=O) groups excluding carboxylic acids is 1. The molecule has 1 N–H and O–H groups in total. The maximum absolute atomic E-state index is 12.1. The van der Waals surface area contributed by atoms with E-state index in [4.69, 9.17) is 13.9 Å². The van der Waals surface area contributed by atoms with Gasteiger partial charge < -0.3 is 19.2 Å². The average Bonchev–Trinajstić information content (AvgIpc) is 3.17. The van der Waals surface area contributed by atoms with Crippen molar-refractivity contribution in [3.63, 3.8) is 0 Å². The summed E-state index contributed by atoms with van der Waals surface area (Å²) in [4.78, 5) is 14.5. The predicted molar refractivity (Wildman–Crippen MR) is 84.8 cm³/mol. The molecule has 0 spiro atoms. The molecule has 1 amide bonds. The summed E-state index contributed by atoms with van der Waals surface area (Å²) in [7, 11) is 1.64. The Kier molecular flexibility index (Phi) is 5.70. The van der Waals surface area contributed by atoms with E-state index >= 15 is 0 Å². The Morgan fingerprint density at radius 2 is 2.35 bits per heavy atom. The van der Waals surface area contributed by atoms with Gasteiger partial charge >= 0.3 is 0 Å². The van der Waals surface area contributed by atoms with Gasteiger partial charge in [0.15, 0.2) is 0 Å². The number of hydrogen-bond acceptors (Lipinski definition) is 5. The lowest BCUT2D eigenvalue weighted by Crippen LogP contribution is -2.38. The molecule has 3 atom stereocenters. The van der Waals surface area contributed by atoms with E-state index in [2.05, 4.69) is 10.2 Å². The zero-order valence-electron chi connectivity index (χ0n) is 13.7. The van der Waals surface area contributed by atoms with Gasteiger partial charge in [0.05, 0.1) is 32.6 Å². The highest BCUT2D eigenvalue weighted by Crippen LogP contribution is 2.36. The van der Waals surface area contributed by atoms with Crippen molar-refractivity contribution in [1.29, 1.82) is 0 Å². The van der Waals surface area contributed by atoms with Crippen molar-refractivity contribution in [3.8, 4) is 0 Å². The van der Waals surface area contributed by atoms with Crippen LogP contribution >= 0.6 is 0 Å². The van der Waals surface area contributed by atoms with Crippen molar-refractivity contribution in [1.82, 2.24) is 10.2 Å². The lowest BCUT2D eigenvalue weighted by Gasteiger charge is -2.32. The van der Waals surface area contributed by atoms with Crippen molar-refractivity contribution >= 4 is 5.91 Å². The quantitative estimate of drug-likeness (QED) is 0.762. The maximum atomic E-state index is 12.1. The topological polar surface area (TPSA) is 63.9 Å². The molecule has 2 saturated heterocycles. The molecular formula is C17H26N2O4. The number of nitrogens with zero attached hydrogens (tertiary/aromatic N) is 1. The smallest absolute Gasteiger partial charge is 0.220 e. The van der Waals surface area contributed by atoms with Gasteiger partial charge in [-0.25, -0.2) is 0 Å². The zero-order valence-corrected chi connectivity index (χ0v) is 13.7. The summed E-state index contributed by atoms with van der Waals surface area (Å²) in [5.74, 6) is 2.46. The van der Waals surface area contributed by atoms with Crippen LogP contribution in [0.1, 0.15) is 12.2 Å². The van der Waals surface area contributed by atoms with Crippen LogP contribution in [0, 0.1) is 17.8 Å². The second-order valence-electron chi connectivity index (χ2n) is 6.54. The summed E-state index contributed by atoms with van der Waals surface area (Å²) >= 11 is 0. The van der Waals surface area contributed by atoms with Crippen LogP contribution < -0.4 is 5.32 Å². The summed E-state index contributed by atoms with van der Waals surface area (Å²) in [6, 6.07) is 3.94. The SMILES string of the molecule is COCCNC(=O)C[C@@H]1COC[C@H]2CN(Cc3ccco3)C[C@@H]12. The van der Waals surface area contributed by atoms with Crippen molar-refractivity contribution in [3.05, 3.63) is 24.2 Å². The molecule has 6 nitrogen and oxygen atoms in total. The molecule has 0 aliphatic carbocycles. The molecule has 2 aliphatic rings. The Balaban J connectivity index is 1.51. The summed E-state index contributed by atoms with van der Waals surface area (Å²) in [5.41, 5.74) is 0. The number of rotatable bonds is 7. The summed E-state index contributed by atoms with van der Waals surface area (Å²) in [6.45, 7) is 5.50. The second kappa shape index (κ2) is 7.95. The first-order chi connectivity index (χ1) is 11.3. The Bertz CT molecular complexity index is 491. The highest BCUT2D eigenvalue weighted by molar-refractivity contribution is 5.76. The van der Waals surface area contributed by atoms with Crippen LogP contribution in [-0.4, -0.2) is 57.4 Å². The highest BCUT2D eigenvalue weighted by atomic mass is 16.5. The Morgan fingerprint density at radius 3 is 3.13 bits per heavy atom. The van der Waals surface area contributed by atoms with E-state index < -0.39 is 0 Å². The third-order valence-corrected chi connectivity index (χ3v) is 4.87. The molecule has 128 valence electrons. The van der Waals surface area contributed by atoms with Crippen LogP contribution in [0.2, 0.25) is 0 Å². The van der Waals surface area contributed by atoms with Gasteiger partial charge in [-0.05, 0) is 29.9 Å². The van der Waals surface area contributed by atoms with E-state index in [9.17, 15) is 4.79 Å². The number of methoxy groups -OCH3 is 1. The molecule has 1 aromatic rings. The fourth-order valence-electron chi connectivity index (χ4n) is 3.76. The lowest BCUT2D eigenvalue weighted by molar-refractivity contribution is -0.124. The van der Waals surface area contributed by atoms with Gasteiger partial charge in [-0.15, -0.1) is 0 Å². The first-order valence-corrected chi connectivity index (χ1v) is 8.34. The van der Waals surface area contributed by atoms with Gasteiger partial charge in [0.2, 0.25) is 5.91 Å². The molecule has 0 saturated carbocycles. The fraction of sp³-hybridized carbons (Fsp3) is 0.706. The molecule has 2 aliphatic heterocycles. The summed E-state index contributed by atoms with van der Waals surface area (Å²) in [6.07, 6.45) is 2.26. The second-order valence-corrected chi connectivity index (χ2v) is 6.54. The van der Waals surface area contributed by atoms with Crippen LogP contribution in [0.25, 0.3) is 0 Å². The standard InChI is InChI=1S/C17H26N2O4/c1-21-6-4-18-17(20)7-13-11-22-12-14-8-19(10-16(13)14)9-15-3-2-5-23-15/h2-3,5,13-14,16H,4,6-12H2,1H3,(H,18,20)/t13-,14-,16+/m1/s1. The monoisotopic (exact) mass is 322 g/mol. The number of nitrogens with one attached hydrogen (secondary N) is 1. The van der Waals surface area contributed by atoms with E-state index in [0.29, 0.717) is 43.9 Å². The minimum atomic E-state index is 0.0979. The maximum Gasteiger partial charge on any atom is 0.220 e. The molecule has 3 rings (SSSR count). The zero-order chi connectivity index (χ0) is 16.1.